The van der Waals surface area contributed by atoms with Gasteiger partial charge in [0.25, 0.3) is 11.8 Å². The number of anilines is 1. The van der Waals surface area contributed by atoms with E-state index in [2.05, 4.69) is 15.3 Å². The number of halogens is 3. The van der Waals surface area contributed by atoms with Crippen LogP contribution in [0, 0.1) is 5.82 Å². The van der Waals surface area contributed by atoms with Gasteiger partial charge in [0.05, 0.1) is 30.1 Å². The molecule has 2 aliphatic rings. The summed E-state index contributed by atoms with van der Waals surface area (Å²) in [6.45, 7) is 0.435. The molecule has 2 fully saturated rings. The predicted molar refractivity (Wildman–Crippen MR) is 117 cm³/mol. The van der Waals surface area contributed by atoms with Crippen molar-refractivity contribution in [1.82, 2.24) is 20.2 Å². The van der Waals surface area contributed by atoms with Gasteiger partial charge in [-0.2, -0.15) is 0 Å². The first-order valence-electron chi connectivity index (χ1n) is 10.9. The Morgan fingerprint density at radius 3 is 2.73 bits per heavy atom. The van der Waals surface area contributed by atoms with Crippen LogP contribution in [0.25, 0.3) is 0 Å². The van der Waals surface area contributed by atoms with E-state index in [0.717, 1.165) is 6.42 Å². The SMILES string of the molecule is O=C(N[C@@H]1CCCCN(c2ccc(F)cc2Cl)C(=O)CC1)c1nc[nH]c1C(=O)N1CC(F)C1. The second-order valence-corrected chi connectivity index (χ2v) is 8.69. The van der Waals surface area contributed by atoms with Crippen LogP contribution < -0.4 is 10.2 Å². The second kappa shape index (κ2) is 9.86. The number of imidazole rings is 1. The maximum atomic E-state index is 13.4. The van der Waals surface area contributed by atoms with Crippen molar-refractivity contribution in [3.05, 3.63) is 46.8 Å². The molecule has 0 bridgehead atoms. The third-order valence-electron chi connectivity index (χ3n) is 5.92. The molecule has 4 rings (SSSR count). The molecule has 3 amide bonds. The van der Waals surface area contributed by atoms with Gasteiger partial charge in [0.2, 0.25) is 5.91 Å². The predicted octanol–water partition coefficient (Wildman–Crippen LogP) is 3.09. The highest BCUT2D eigenvalue weighted by atomic mass is 35.5. The van der Waals surface area contributed by atoms with Crippen molar-refractivity contribution in [2.75, 3.05) is 24.5 Å². The van der Waals surface area contributed by atoms with Gasteiger partial charge in [-0.15, -0.1) is 0 Å². The summed E-state index contributed by atoms with van der Waals surface area (Å²) in [6, 6.07) is 3.65. The maximum Gasteiger partial charge on any atom is 0.272 e. The molecule has 11 heteroatoms. The summed E-state index contributed by atoms with van der Waals surface area (Å²) in [5, 5.41) is 3.05. The van der Waals surface area contributed by atoms with E-state index in [9.17, 15) is 23.2 Å². The molecule has 0 aliphatic carbocycles. The first-order chi connectivity index (χ1) is 15.8. The van der Waals surface area contributed by atoms with Crippen LogP contribution in [0.4, 0.5) is 14.5 Å². The van der Waals surface area contributed by atoms with Crippen molar-refractivity contribution in [3.63, 3.8) is 0 Å². The second-order valence-electron chi connectivity index (χ2n) is 8.28. The fraction of sp³-hybridized carbons (Fsp3) is 0.455. The lowest BCUT2D eigenvalue weighted by molar-refractivity contribution is -0.118. The van der Waals surface area contributed by atoms with E-state index in [0.29, 0.717) is 31.5 Å². The molecular formula is C22H24ClF2N5O3. The first-order valence-corrected chi connectivity index (χ1v) is 11.2. The fourth-order valence-corrected chi connectivity index (χ4v) is 4.36. The van der Waals surface area contributed by atoms with Gasteiger partial charge in [0, 0.05) is 19.0 Å². The van der Waals surface area contributed by atoms with Gasteiger partial charge in [-0.05, 0) is 43.9 Å². The Morgan fingerprint density at radius 2 is 2.00 bits per heavy atom. The Balaban J connectivity index is 1.40. The van der Waals surface area contributed by atoms with Crippen LogP contribution in [0.5, 0.6) is 0 Å². The molecule has 1 aromatic heterocycles. The van der Waals surface area contributed by atoms with Crippen molar-refractivity contribution in [2.45, 2.75) is 44.3 Å². The molecule has 2 aromatic rings. The number of H-pyrrole nitrogens is 1. The summed E-state index contributed by atoms with van der Waals surface area (Å²) in [6.07, 6.45) is 2.83. The molecule has 1 atom stereocenters. The number of nitrogens with one attached hydrogen (secondary N) is 2. The number of likely N-dealkylation sites (tertiary alicyclic amines) is 1. The number of benzene rings is 1. The number of hydrogen-bond donors (Lipinski definition) is 2. The number of amides is 3. The summed E-state index contributed by atoms with van der Waals surface area (Å²) in [5.74, 6) is -1.63. The average molecular weight is 480 g/mol. The lowest BCUT2D eigenvalue weighted by Gasteiger charge is -2.34. The smallest absolute Gasteiger partial charge is 0.272 e. The van der Waals surface area contributed by atoms with Gasteiger partial charge < -0.3 is 20.1 Å². The molecule has 2 N–H and O–H groups in total. The standard InChI is InChI=1S/C22H24ClF2N5O3/c23-16-9-13(24)4-6-17(16)30-8-2-1-3-15(5-7-18(30)31)28-21(32)19-20(27-12-26-19)22(33)29-10-14(25)11-29/h4,6,9,12,14-15H,1-3,5,7-8,10-11H2,(H,26,27)(H,28,32)/t15-/m1/s1. The number of carbonyl (C=O) groups is 3. The van der Waals surface area contributed by atoms with Crippen molar-refractivity contribution >= 4 is 35.0 Å². The van der Waals surface area contributed by atoms with Gasteiger partial charge in [-0.1, -0.05) is 11.6 Å². The van der Waals surface area contributed by atoms with Gasteiger partial charge in [0.1, 0.15) is 17.7 Å². The Bertz CT molecular complexity index is 1060. The number of carbonyl (C=O) groups excluding carboxylic acids is 3. The number of aromatic nitrogens is 2. The fourth-order valence-electron chi connectivity index (χ4n) is 4.09. The molecule has 8 nitrogen and oxygen atoms in total. The zero-order valence-electron chi connectivity index (χ0n) is 17.8. The third kappa shape index (κ3) is 5.16. The molecule has 0 unspecified atom stereocenters. The van der Waals surface area contributed by atoms with E-state index in [-0.39, 0.29) is 47.9 Å². The Labute approximate surface area is 194 Å². The topological polar surface area (TPSA) is 98.4 Å². The van der Waals surface area contributed by atoms with Crippen LogP contribution in [0.15, 0.2) is 24.5 Å². The molecule has 2 saturated heterocycles. The number of aromatic amines is 1. The van der Waals surface area contributed by atoms with Crippen molar-refractivity contribution in [1.29, 1.82) is 0 Å². The van der Waals surface area contributed by atoms with Gasteiger partial charge in [-0.25, -0.2) is 13.8 Å². The molecular weight excluding hydrogens is 456 g/mol. The zero-order valence-corrected chi connectivity index (χ0v) is 18.6. The van der Waals surface area contributed by atoms with Crippen LogP contribution in [-0.2, 0) is 4.79 Å². The minimum atomic E-state index is -1.05. The highest BCUT2D eigenvalue weighted by molar-refractivity contribution is 6.33. The molecule has 3 heterocycles. The lowest BCUT2D eigenvalue weighted by Crippen LogP contribution is -2.52. The van der Waals surface area contributed by atoms with Crippen LogP contribution in [0.2, 0.25) is 5.02 Å². The summed E-state index contributed by atoms with van der Waals surface area (Å²) >= 11 is 6.15. The summed E-state index contributed by atoms with van der Waals surface area (Å²) in [4.78, 5) is 47.7. The van der Waals surface area contributed by atoms with Crippen LogP contribution in [0.1, 0.15) is 53.1 Å². The molecule has 1 aromatic carbocycles. The van der Waals surface area contributed by atoms with Crippen LogP contribution in [-0.4, -0.2) is 64.4 Å². The number of hydrogen-bond acceptors (Lipinski definition) is 4. The minimum Gasteiger partial charge on any atom is -0.348 e. The quantitative estimate of drug-likeness (QED) is 0.704. The Hall–Kier alpha value is -3.01. The molecule has 0 saturated carbocycles. The largest absolute Gasteiger partial charge is 0.348 e. The molecule has 176 valence electrons. The Kier molecular flexibility index (Phi) is 6.92. The van der Waals surface area contributed by atoms with Crippen LogP contribution >= 0.6 is 11.6 Å². The van der Waals surface area contributed by atoms with Crippen molar-refractivity contribution in [3.8, 4) is 0 Å². The Morgan fingerprint density at radius 1 is 1.21 bits per heavy atom. The summed E-state index contributed by atoms with van der Waals surface area (Å²) < 4.78 is 26.5. The molecule has 0 radical (unpaired) electrons. The number of alkyl halides is 1. The van der Waals surface area contributed by atoms with Gasteiger partial charge in [-0.3, -0.25) is 14.4 Å². The van der Waals surface area contributed by atoms with E-state index >= 15 is 0 Å². The minimum absolute atomic E-state index is 0.00176. The number of rotatable bonds is 4. The van der Waals surface area contributed by atoms with E-state index in [1.54, 1.807) is 4.90 Å². The summed E-state index contributed by atoms with van der Waals surface area (Å²) in [5.41, 5.74) is 0.440. The first kappa shape index (κ1) is 23.2. The third-order valence-corrected chi connectivity index (χ3v) is 6.22. The molecule has 2 aliphatic heterocycles. The van der Waals surface area contributed by atoms with Crippen molar-refractivity contribution < 1.29 is 23.2 Å². The highest BCUT2D eigenvalue weighted by Crippen LogP contribution is 2.29. The van der Waals surface area contributed by atoms with Crippen molar-refractivity contribution in [2.24, 2.45) is 0 Å². The number of nitrogens with zero attached hydrogens (tertiary/aromatic N) is 3. The van der Waals surface area contributed by atoms with Gasteiger partial charge >= 0.3 is 0 Å². The molecule has 0 spiro atoms. The van der Waals surface area contributed by atoms with E-state index in [4.69, 9.17) is 11.6 Å². The average Bonchev–Trinajstić information content (AvgIpc) is 3.27. The van der Waals surface area contributed by atoms with Crippen LogP contribution in [0.3, 0.4) is 0 Å². The van der Waals surface area contributed by atoms with E-state index in [1.165, 1.54) is 29.4 Å². The zero-order chi connectivity index (χ0) is 23.5. The van der Waals surface area contributed by atoms with Gasteiger partial charge in [0.15, 0.2) is 5.69 Å². The summed E-state index contributed by atoms with van der Waals surface area (Å²) in [7, 11) is 0. The monoisotopic (exact) mass is 479 g/mol. The maximum absolute atomic E-state index is 13.4. The van der Waals surface area contributed by atoms with E-state index < -0.39 is 23.8 Å². The van der Waals surface area contributed by atoms with E-state index in [1.807, 2.05) is 0 Å². The lowest BCUT2D eigenvalue weighted by atomic mass is 10.0. The normalized spacial score (nSPS) is 20.0. The molecule has 33 heavy (non-hydrogen) atoms. The highest BCUT2D eigenvalue weighted by Gasteiger charge is 2.34.